The van der Waals surface area contributed by atoms with E-state index in [1.54, 1.807) is 22.7 Å². The van der Waals surface area contributed by atoms with E-state index in [1.807, 2.05) is 19.1 Å². The van der Waals surface area contributed by atoms with Crippen LogP contribution in [0.15, 0.2) is 35.2 Å². The number of nitrogens with zero attached hydrogens (tertiary/aromatic N) is 6. The molecule has 0 aliphatic carbocycles. The van der Waals surface area contributed by atoms with Crippen molar-refractivity contribution in [1.82, 2.24) is 24.1 Å². The van der Waals surface area contributed by atoms with Crippen molar-refractivity contribution in [3.05, 3.63) is 36.2 Å². The summed E-state index contributed by atoms with van der Waals surface area (Å²) in [6, 6.07) is 8.55. The Morgan fingerprint density at radius 3 is 2.50 bits per heavy atom. The number of sulfonamides is 1. The first kappa shape index (κ1) is 19.1. The van der Waals surface area contributed by atoms with Gasteiger partial charge in [0.05, 0.1) is 4.90 Å². The molecule has 0 amide bonds. The Morgan fingerprint density at radius 1 is 0.967 bits per heavy atom. The lowest BCUT2D eigenvalue weighted by Gasteiger charge is -2.34. The Labute approximate surface area is 174 Å². The van der Waals surface area contributed by atoms with Gasteiger partial charge in [0.25, 0.3) is 0 Å². The molecule has 1 fully saturated rings. The number of hydrogen-bond acceptors (Lipinski definition) is 8. The van der Waals surface area contributed by atoms with Crippen LogP contribution in [0.25, 0.3) is 5.65 Å². The minimum atomic E-state index is -3.61. The number of aromatic nitrogens is 4. The lowest BCUT2D eigenvalue weighted by atomic mass is 10.3. The van der Waals surface area contributed by atoms with Crippen molar-refractivity contribution in [2.45, 2.75) is 18.2 Å². The minimum Gasteiger partial charge on any atom is -0.486 e. The van der Waals surface area contributed by atoms with Crippen molar-refractivity contribution >= 4 is 21.5 Å². The molecule has 0 spiro atoms. The Kier molecular flexibility index (Phi) is 4.70. The molecule has 4 heterocycles. The van der Waals surface area contributed by atoms with Gasteiger partial charge in [-0.15, -0.1) is 15.3 Å². The number of fused-ring (bicyclic) bond motifs is 2. The molecule has 10 nitrogen and oxygen atoms in total. The second-order valence-corrected chi connectivity index (χ2v) is 9.07. The van der Waals surface area contributed by atoms with Gasteiger partial charge < -0.3 is 14.4 Å². The predicted molar refractivity (Wildman–Crippen MR) is 109 cm³/mol. The smallest absolute Gasteiger partial charge is 0.243 e. The standard InChI is InChI=1S/C19H22N6O4S/c1-2-17-20-21-18-5-6-19(22-25(17)18)23-7-9-24(10-8-23)30(26,27)14-3-4-15-16(13-14)29-12-11-28-15/h3-6,13H,2,7-12H2,1H3. The summed E-state index contributed by atoms with van der Waals surface area (Å²) in [7, 11) is -3.61. The van der Waals surface area contributed by atoms with Gasteiger partial charge in [0, 0.05) is 38.7 Å². The van der Waals surface area contributed by atoms with Crippen molar-refractivity contribution in [1.29, 1.82) is 0 Å². The summed E-state index contributed by atoms with van der Waals surface area (Å²) in [6.45, 7) is 4.73. The van der Waals surface area contributed by atoms with E-state index in [0.717, 1.165) is 18.1 Å². The van der Waals surface area contributed by atoms with Crippen LogP contribution in [-0.2, 0) is 16.4 Å². The zero-order valence-electron chi connectivity index (χ0n) is 16.6. The number of rotatable bonds is 4. The Morgan fingerprint density at radius 2 is 1.73 bits per heavy atom. The first-order chi connectivity index (χ1) is 14.6. The molecule has 0 bridgehead atoms. The average molecular weight is 430 g/mol. The lowest BCUT2D eigenvalue weighted by Crippen LogP contribution is -2.49. The third kappa shape index (κ3) is 3.23. The summed E-state index contributed by atoms with van der Waals surface area (Å²) < 4.78 is 40.5. The summed E-state index contributed by atoms with van der Waals surface area (Å²) >= 11 is 0. The SMILES string of the molecule is CCc1nnc2ccc(N3CCN(S(=O)(=O)c4ccc5c(c4)OCCO5)CC3)nn12. The molecule has 2 aliphatic heterocycles. The number of hydrogen-bond donors (Lipinski definition) is 0. The highest BCUT2D eigenvalue weighted by atomic mass is 32.2. The van der Waals surface area contributed by atoms with Crippen LogP contribution in [0.3, 0.4) is 0 Å². The zero-order chi connectivity index (χ0) is 20.7. The summed E-state index contributed by atoms with van der Waals surface area (Å²) in [5, 5.41) is 12.9. The van der Waals surface area contributed by atoms with E-state index >= 15 is 0 Å². The topological polar surface area (TPSA) is 102 Å². The number of anilines is 1. The molecule has 1 aromatic carbocycles. The van der Waals surface area contributed by atoms with Crippen molar-refractivity contribution in [3.63, 3.8) is 0 Å². The molecule has 0 unspecified atom stereocenters. The number of ether oxygens (including phenoxy) is 2. The van der Waals surface area contributed by atoms with Gasteiger partial charge in [-0.25, -0.2) is 8.42 Å². The van der Waals surface area contributed by atoms with Crippen molar-refractivity contribution in [2.24, 2.45) is 0 Å². The van der Waals surface area contributed by atoms with Gasteiger partial charge >= 0.3 is 0 Å². The second kappa shape index (κ2) is 7.40. The summed E-state index contributed by atoms with van der Waals surface area (Å²) in [4.78, 5) is 2.30. The van der Waals surface area contributed by atoms with Gasteiger partial charge in [0.1, 0.15) is 19.0 Å². The van der Waals surface area contributed by atoms with E-state index in [2.05, 4.69) is 20.2 Å². The number of aryl methyl sites for hydroxylation is 1. The molecule has 0 radical (unpaired) electrons. The molecule has 3 aromatic rings. The monoisotopic (exact) mass is 430 g/mol. The third-order valence-corrected chi connectivity index (χ3v) is 7.24. The van der Waals surface area contributed by atoms with Gasteiger partial charge in [-0.3, -0.25) is 0 Å². The normalized spacial score (nSPS) is 17.4. The molecule has 2 aliphatic rings. The number of piperazine rings is 1. The minimum absolute atomic E-state index is 0.219. The molecule has 0 N–H and O–H groups in total. The molecular weight excluding hydrogens is 408 g/mol. The summed E-state index contributed by atoms with van der Waals surface area (Å²) in [5.41, 5.74) is 0.704. The quantitative estimate of drug-likeness (QED) is 0.603. The molecule has 2 aromatic heterocycles. The van der Waals surface area contributed by atoms with E-state index in [4.69, 9.17) is 9.47 Å². The first-order valence-corrected chi connectivity index (χ1v) is 11.4. The van der Waals surface area contributed by atoms with Crippen LogP contribution in [0.1, 0.15) is 12.7 Å². The van der Waals surface area contributed by atoms with Gasteiger partial charge in [-0.2, -0.15) is 8.82 Å². The summed E-state index contributed by atoms with van der Waals surface area (Å²) in [5.74, 6) is 2.63. The van der Waals surface area contributed by atoms with Crippen molar-refractivity contribution in [2.75, 3.05) is 44.3 Å². The number of benzene rings is 1. The Bertz CT molecular complexity index is 1190. The molecule has 1 saturated heterocycles. The lowest BCUT2D eigenvalue weighted by molar-refractivity contribution is 0.171. The van der Waals surface area contributed by atoms with Gasteiger partial charge in [0.2, 0.25) is 10.0 Å². The molecule has 11 heteroatoms. The van der Waals surface area contributed by atoms with E-state index in [0.29, 0.717) is 56.5 Å². The van der Waals surface area contributed by atoms with Gasteiger partial charge in [-0.05, 0) is 24.3 Å². The van der Waals surface area contributed by atoms with E-state index in [9.17, 15) is 8.42 Å². The maximum Gasteiger partial charge on any atom is 0.243 e. The molecule has 158 valence electrons. The molecule has 5 rings (SSSR count). The fourth-order valence-electron chi connectivity index (χ4n) is 3.70. The van der Waals surface area contributed by atoms with Crippen LogP contribution in [0.5, 0.6) is 11.5 Å². The van der Waals surface area contributed by atoms with Crippen LogP contribution in [0.2, 0.25) is 0 Å². The molecule has 0 saturated carbocycles. The predicted octanol–water partition coefficient (Wildman–Crippen LogP) is 0.969. The zero-order valence-corrected chi connectivity index (χ0v) is 17.4. The van der Waals surface area contributed by atoms with Crippen molar-refractivity contribution < 1.29 is 17.9 Å². The maximum atomic E-state index is 13.1. The average Bonchev–Trinajstić information content (AvgIpc) is 3.21. The highest BCUT2D eigenvalue weighted by Gasteiger charge is 2.30. The van der Waals surface area contributed by atoms with Crippen molar-refractivity contribution in [3.8, 4) is 11.5 Å². The Balaban J connectivity index is 1.33. The van der Waals surface area contributed by atoms with E-state index < -0.39 is 10.0 Å². The fraction of sp³-hybridized carbons (Fsp3) is 0.421. The van der Waals surface area contributed by atoms with Gasteiger partial charge in [-0.1, -0.05) is 6.92 Å². The molecular formula is C19H22N6O4S. The van der Waals surface area contributed by atoms with Crippen LogP contribution in [0, 0.1) is 0 Å². The third-order valence-electron chi connectivity index (χ3n) is 5.34. The van der Waals surface area contributed by atoms with E-state index in [-0.39, 0.29) is 4.90 Å². The van der Waals surface area contributed by atoms with E-state index in [1.165, 1.54) is 4.31 Å². The maximum absolute atomic E-state index is 13.1. The second-order valence-electron chi connectivity index (χ2n) is 7.13. The molecule has 30 heavy (non-hydrogen) atoms. The van der Waals surface area contributed by atoms with Crippen LogP contribution in [0.4, 0.5) is 5.82 Å². The van der Waals surface area contributed by atoms with Gasteiger partial charge in [0.15, 0.2) is 23.0 Å². The molecule has 0 atom stereocenters. The Hall–Kier alpha value is -2.92. The van der Waals surface area contributed by atoms with Crippen LogP contribution >= 0.6 is 0 Å². The fourth-order valence-corrected chi connectivity index (χ4v) is 5.14. The van der Waals surface area contributed by atoms with Crippen LogP contribution in [-0.4, -0.2) is 71.9 Å². The first-order valence-electron chi connectivity index (χ1n) is 9.92. The largest absolute Gasteiger partial charge is 0.486 e. The highest BCUT2D eigenvalue weighted by molar-refractivity contribution is 7.89. The summed E-state index contributed by atoms with van der Waals surface area (Å²) in [6.07, 6.45) is 0.735. The highest BCUT2D eigenvalue weighted by Crippen LogP contribution is 2.33. The van der Waals surface area contributed by atoms with Crippen LogP contribution < -0.4 is 14.4 Å².